The number of nitrogens with zero attached hydrogens (tertiary/aromatic N) is 1. The summed E-state index contributed by atoms with van der Waals surface area (Å²) in [4.78, 5) is -0.765. The fourth-order valence-corrected chi connectivity index (χ4v) is 3.91. The predicted molar refractivity (Wildman–Crippen MR) is 72.7 cm³/mol. The fourth-order valence-electron chi connectivity index (χ4n) is 2.61. The number of halogens is 2. The maximum Gasteiger partial charge on any atom is 0.244 e. The smallest absolute Gasteiger partial charge is 0.207 e. The molecule has 0 spiro atoms. The van der Waals surface area contributed by atoms with E-state index in [0.717, 1.165) is 44.2 Å². The summed E-state index contributed by atoms with van der Waals surface area (Å²) >= 11 is 0. The lowest BCUT2D eigenvalue weighted by atomic mass is 9.85. The summed E-state index contributed by atoms with van der Waals surface area (Å²) in [7, 11) is -4.26. The molecule has 0 bridgehead atoms. The van der Waals surface area contributed by atoms with E-state index in [1.165, 1.54) is 0 Å². The Morgan fingerprint density at radius 1 is 1.24 bits per heavy atom. The molecule has 0 saturated heterocycles. The van der Waals surface area contributed by atoms with Crippen LogP contribution in [0.15, 0.2) is 23.1 Å². The maximum atomic E-state index is 13.6. The zero-order valence-electron chi connectivity index (χ0n) is 11.4. The van der Waals surface area contributed by atoms with Gasteiger partial charge in [0.25, 0.3) is 0 Å². The largest absolute Gasteiger partial charge is 0.244 e. The molecule has 0 amide bonds. The Morgan fingerprint density at radius 2 is 1.90 bits per heavy atom. The van der Waals surface area contributed by atoms with Crippen molar-refractivity contribution in [2.45, 2.75) is 43.0 Å². The van der Waals surface area contributed by atoms with Crippen LogP contribution < -0.4 is 4.72 Å². The number of nitriles is 1. The van der Waals surface area contributed by atoms with E-state index in [-0.39, 0.29) is 5.92 Å². The summed E-state index contributed by atoms with van der Waals surface area (Å²) in [6.07, 6.45) is 4.47. The fraction of sp³-hybridized carbons (Fsp3) is 0.500. The lowest BCUT2D eigenvalue weighted by molar-refractivity contribution is 0.323. The van der Waals surface area contributed by atoms with Crippen LogP contribution >= 0.6 is 0 Å². The molecular formula is C14H16F2N2O2S. The van der Waals surface area contributed by atoms with Crippen LogP contribution in [0, 0.1) is 28.9 Å². The summed E-state index contributed by atoms with van der Waals surface area (Å²) in [6.45, 7) is 0. The Morgan fingerprint density at radius 3 is 2.52 bits per heavy atom. The van der Waals surface area contributed by atoms with Gasteiger partial charge in [-0.2, -0.15) is 9.98 Å². The first kappa shape index (κ1) is 15.9. The number of hydrogen-bond acceptors (Lipinski definition) is 3. The molecule has 1 unspecified atom stereocenters. The Kier molecular flexibility index (Phi) is 4.91. The summed E-state index contributed by atoms with van der Waals surface area (Å²) in [5.41, 5.74) is 0. The van der Waals surface area contributed by atoms with Crippen LogP contribution in [0.2, 0.25) is 0 Å². The molecule has 1 fully saturated rings. The van der Waals surface area contributed by atoms with Crippen LogP contribution in [0.4, 0.5) is 8.78 Å². The third-order valence-corrected chi connectivity index (χ3v) is 5.18. The van der Waals surface area contributed by atoms with Gasteiger partial charge in [-0.1, -0.05) is 19.3 Å². The van der Waals surface area contributed by atoms with Crippen molar-refractivity contribution >= 4 is 10.0 Å². The van der Waals surface area contributed by atoms with Gasteiger partial charge in [0.05, 0.1) is 6.07 Å². The Hall–Kier alpha value is -1.52. The third kappa shape index (κ3) is 3.77. The monoisotopic (exact) mass is 314 g/mol. The topological polar surface area (TPSA) is 70.0 Å². The van der Waals surface area contributed by atoms with E-state index in [0.29, 0.717) is 6.07 Å². The highest BCUT2D eigenvalue weighted by atomic mass is 32.2. The lowest BCUT2D eigenvalue weighted by Gasteiger charge is -2.26. The average molecular weight is 314 g/mol. The van der Waals surface area contributed by atoms with Crippen molar-refractivity contribution in [2.24, 2.45) is 5.92 Å². The van der Waals surface area contributed by atoms with Gasteiger partial charge in [0.15, 0.2) is 0 Å². The molecule has 7 heteroatoms. The molecule has 0 aromatic heterocycles. The van der Waals surface area contributed by atoms with Crippen LogP contribution in [0.25, 0.3) is 0 Å². The molecule has 0 heterocycles. The number of rotatable bonds is 4. The Bertz CT molecular complexity index is 649. The van der Waals surface area contributed by atoms with Gasteiger partial charge in [-0.25, -0.2) is 17.2 Å². The normalized spacial score (nSPS) is 18.1. The van der Waals surface area contributed by atoms with Crippen LogP contribution in [-0.4, -0.2) is 14.5 Å². The molecule has 0 radical (unpaired) electrons. The van der Waals surface area contributed by atoms with Gasteiger partial charge in [0.2, 0.25) is 10.0 Å². The standard InChI is InChI=1S/C14H16F2N2O2S/c15-11-6-7-12(16)14(8-11)21(19,20)18-13(9-17)10-4-2-1-3-5-10/h6-8,10,13,18H,1-5H2. The van der Waals surface area contributed by atoms with E-state index in [1.54, 1.807) is 0 Å². The van der Waals surface area contributed by atoms with Gasteiger partial charge < -0.3 is 0 Å². The molecular weight excluding hydrogens is 298 g/mol. The van der Waals surface area contributed by atoms with Crippen LogP contribution in [0.3, 0.4) is 0 Å². The second-order valence-corrected chi connectivity index (χ2v) is 6.88. The van der Waals surface area contributed by atoms with E-state index >= 15 is 0 Å². The van der Waals surface area contributed by atoms with Gasteiger partial charge in [0.1, 0.15) is 22.6 Å². The van der Waals surface area contributed by atoms with Gasteiger partial charge in [-0.3, -0.25) is 0 Å². The second kappa shape index (κ2) is 6.50. The van der Waals surface area contributed by atoms with Crippen molar-refractivity contribution in [3.8, 4) is 6.07 Å². The Balaban J connectivity index is 2.23. The van der Waals surface area contributed by atoms with Crippen LogP contribution in [-0.2, 0) is 10.0 Å². The zero-order chi connectivity index (χ0) is 15.5. The molecule has 1 aromatic rings. The maximum absolute atomic E-state index is 13.6. The predicted octanol–water partition coefficient (Wildman–Crippen LogP) is 2.72. The van der Waals surface area contributed by atoms with E-state index in [4.69, 9.17) is 5.26 Å². The van der Waals surface area contributed by atoms with Gasteiger partial charge in [0, 0.05) is 0 Å². The van der Waals surface area contributed by atoms with Crippen molar-refractivity contribution in [3.05, 3.63) is 29.8 Å². The lowest BCUT2D eigenvalue weighted by Crippen LogP contribution is -2.40. The summed E-state index contributed by atoms with van der Waals surface area (Å²) < 4.78 is 53.2. The Labute approximate surface area is 122 Å². The first-order chi connectivity index (χ1) is 9.94. The summed E-state index contributed by atoms with van der Waals surface area (Å²) in [5.74, 6) is -1.97. The minimum atomic E-state index is -4.26. The third-order valence-electron chi connectivity index (χ3n) is 3.73. The molecule has 4 nitrogen and oxygen atoms in total. The SMILES string of the molecule is N#CC(NS(=O)(=O)c1cc(F)ccc1F)C1CCCCC1. The quantitative estimate of drug-likeness (QED) is 0.929. The van der Waals surface area contributed by atoms with Crippen molar-refractivity contribution in [2.75, 3.05) is 0 Å². The van der Waals surface area contributed by atoms with E-state index in [9.17, 15) is 17.2 Å². The second-order valence-electron chi connectivity index (χ2n) is 5.20. The number of nitrogens with one attached hydrogen (secondary N) is 1. The van der Waals surface area contributed by atoms with Crippen molar-refractivity contribution in [1.29, 1.82) is 5.26 Å². The van der Waals surface area contributed by atoms with Crippen molar-refractivity contribution in [3.63, 3.8) is 0 Å². The summed E-state index contributed by atoms with van der Waals surface area (Å²) in [5, 5.41) is 9.17. The molecule has 1 saturated carbocycles. The van der Waals surface area contributed by atoms with E-state index in [2.05, 4.69) is 4.72 Å². The van der Waals surface area contributed by atoms with E-state index in [1.807, 2.05) is 6.07 Å². The van der Waals surface area contributed by atoms with E-state index < -0.39 is 32.6 Å². The molecule has 1 aliphatic carbocycles. The first-order valence-electron chi connectivity index (χ1n) is 6.81. The number of hydrogen-bond donors (Lipinski definition) is 1. The van der Waals surface area contributed by atoms with Crippen LogP contribution in [0.1, 0.15) is 32.1 Å². The molecule has 1 N–H and O–H groups in total. The zero-order valence-corrected chi connectivity index (χ0v) is 12.2. The molecule has 1 aromatic carbocycles. The van der Waals surface area contributed by atoms with Gasteiger partial charge in [-0.05, 0) is 37.0 Å². The molecule has 21 heavy (non-hydrogen) atoms. The highest BCUT2D eigenvalue weighted by molar-refractivity contribution is 7.89. The minimum Gasteiger partial charge on any atom is -0.207 e. The molecule has 0 aliphatic heterocycles. The molecule has 1 aliphatic rings. The van der Waals surface area contributed by atoms with Crippen LogP contribution in [0.5, 0.6) is 0 Å². The van der Waals surface area contributed by atoms with Gasteiger partial charge in [-0.15, -0.1) is 0 Å². The molecule has 1 atom stereocenters. The molecule has 114 valence electrons. The molecule has 2 rings (SSSR count). The van der Waals surface area contributed by atoms with Crippen molar-refractivity contribution in [1.82, 2.24) is 4.72 Å². The van der Waals surface area contributed by atoms with Gasteiger partial charge >= 0.3 is 0 Å². The van der Waals surface area contributed by atoms with Crippen molar-refractivity contribution < 1.29 is 17.2 Å². The average Bonchev–Trinajstić information content (AvgIpc) is 2.48. The number of sulfonamides is 1. The summed E-state index contributed by atoms with van der Waals surface area (Å²) in [6, 6.07) is 3.23. The highest BCUT2D eigenvalue weighted by Gasteiger charge is 2.29. The number of benzene rings is 1. The first-order valence-corrected chi connectivity index (χ1v) is 8.29. The highest BCUT2D eigenvalue weighted by Crippen LogP contribution is 2.27. The minimum absolute atomic E-state index is 0.0878.